The molecule has 0 aliphatic carbocycles. The number of carbonyl (C=O) groups is 1. The number of hydrogen-bond acceptors (Lipinski definition) is 3. The van der Waals surface area contributed by atoms with Gasteiger partial charge in [0.05, 0.1) is 11.9 Å². The number of anilines is 1. The van der Waals surface area contributed by atoms with Crippen LogP contribution in [0.2, 0.25) is 0 Å². The zero-order valence-electron chi connectivity index (χ0n) is 12.3. The number of amides is 1. The van der Waals surface area contributed by atoms with Gasteiger partial charge in [-0.3, -0.25) is 9.10 Å². The normalized spacial score (nSPS) is 11.0. The minimum atomic E-state index is -3.52. The molecule has 0 spiro atoms. The van der Waals surface area contributed by atoms with Crippen LogP contribution in [0, 0.1) is 0 Å². The second-order valence-corrected chi connectivity index (χ2v) is 6.77. The Morgan fingerprint density at radius 2 is 1.55 bits per heavy atom. The molecule has 0 aromatic heterocycles. The van der Waals surface area contributed by atoms with Gasteiger partial charge in [-0.15, -0.1) is 0 Å². The van der Waals surface area contributed by atoms with Gasteiger partial charge in [0, 0.05) is 6.54 Å². The first-order valence-corrected chi connectivity index (χ1v) is 8.65. The van der Waals surface area contributed by atoms with Crippen molar-refractivity contribution in [2.75, 3.05) is 17.1 Å². The van der Waals surface area contributed by atoms with Gasteiger partial charge < -0.3 is 5.32 Å². The maximum absolute atomic E-state index is 12.0. The number of hydrogen-bond donors (Lipinski definition) is 1. The van der Waals surface area contributed by atoms with Crippen LogP contribution in [0.15, 0.2) is 60.7 Å². The highest BCUT2D eigenvalue weighted by molar-refractivity contribution is 7.92. The highest BCUT2D eigenvalue weighted by Crippen LogP contribution is 2.16. The molecule has 1 N–H and O–H groups in total. The fourth-order valence-corrected chi connectivity index (χ4v) is 2.83. The monoisotopic (exact) mass is 318 g/mol. The topological polar surface area (TPSA) is 66.5 Å². The Labute approximate surface area is 130 Å². The second kappa shape index (κ2) is 7.09. The van der Waals surface area contributed by atoms with Crippen LogP contribution in [0.25, 0.3) is 0 Å². The van der Waals surface area contributed by atoms with Crippen LogP contribution >= 0.6 is 0 Å². The molecular formula is C16H18N2O3S. The van der Waals surface area contributed by atoms with Crippen LogP contribution in [0.5, 0.6) is 0 Å². The molecule has 1 amide bonds. The Morgan fingerprint density at radius 1 is 1.00 bits per heavy atom. The molecule has 0 unspecified atom stereocenters. The van der Waals surface area contributed by atoms with E-state index in [1.807, 2.05) is 30.3 Å². The first-order valence-electron chi connectivity index (χ1n) is 6.80. The third-order valence-electron chi connectivity index (χ3n) is 3.06. The molecule has 2 aromatic carbocycles. The first kappa shape index (κ1) is 16.0. The second-order valence-electron chi connectivity index (χ2n) is 4.87. The van der Waals surface area contributed by atoms with Crippen molar-refractivity contribution in [3.8, 4) is 0 Å². The molecule has 0 radical (unpaired) electrons. The zero-order chi connectivity index (χ0) is 16.0. The van der Waals surface area contributed by atoms with Gasteiger partial charge in [-0.1, -0.05) is 48.5 Å². The SMILES string of the molecule is CS(=O)(=O)N(CC(=O)NCc1ccccc1)c1ccccc1. The van der Waals surface area contributed by atoms with Gasteiger partial charge in [-0.25, -0.2) is 8.42 Å². The molecule has 0 fully saturated rings. The summed E-state index contributed by atoms with van der Waals surface area (Å²) in [5, 5.41) is 2.73. The number of carbonyl (C=O) groups excluding carboxylic acids is 1. The third kappa shape index (κ3) is 4.60. The first-order chi connectivity index (χ1) is 10.5. The molecule has 2 aromatic rings. The molecule has 22 heavy (non-hydrogen) atoms. The van der Waals surface area contributed by atoms with E-state index in [1.165, 1.54) is 0 Å². The number of sulfonamides is 1. The largest absolute Gasteiger partial charge is 0.350 e. The summed E-state index contributed by atoms with van der Waals surface area (Å²) < 4.78 is 24.9. The van der Waals surface area contributed by atoms with Gasteiger partial charge in [0.1, 0.15) is 6.54 Å². The van der Waals surface area contributed by atoms with Crippen molar-refractivity contribution in [2.24, 2.45) is 0 Å². The summed E-state index contributed by atoms with van der Waals surface area (Å²) in [6.07, 6.45) is 1.09. The van der Waals surface area contributed by atoms with E-state index in [0.717, 1.165) is 16.1 Å². The Balaban J connectivity index is 2.03. The van der Waals surface area contributed by atoms with E-state index >= 15 is 0 Å². The summed E-state index contributed by atoms with van der Waals surface area (Å²) in [5.74, 6) is -0.349. The van der Waals surface area contributed by atoms with Crippen LogP contribution in [0.1, 0.15) is 5.56 Å². The van der Waals surface area contributed by atoms with Gasteiger partial charge in [0.25, 0.3) is 0 Å². The van der Waals surface area contributed by atoms with Gasteiger partial charge in [0.2, 0.25) is 15.9 Å². The smallest absolute Gasteiger partial charge is 0.241 e. The third-order valence-corrected chi connectivity index (χ3v) is 4.20. The van der Waals surface area contributed by atoms with Crippen LogP contribution in [-0.2, 0) is 21.4 Å². The zero-order valence-corrected chi connectivity index (χ0v) is 13.1. The maximum atomic E-state index is 12.0. The van der Waals surface area contributed by atoms with E-state index in [1.54, 1.807) is 30.3 Å². The Morgan fingerprint density at radius 3 is 2.09 bits per heavy atom. The highest BCUT2D eigenvalue weighted by atomic mass is 32.2. The van der Waals surface area contributed by atoms with Gasteiger partial charge >= 0.3 is 0 Å². The number of nitrogens with one attached hydrogen (secondary N) is 1. The van der Waals surface area contributed by atoms with Crippen molar-refractivity contribution in [3.05, 3.63) is 66.2 Å². The lowest BCUT2D eigenvalue weighted by atomic mass is 10.2. The Bertz CT molecular complexity index is 716. The van der Waals surface area contributed by atoms with Gasteiger partial charge in [0.15, 0.2) is 0 Å². The lowest BCUT2D eigenvalue weighted by Gasteiger charge is -2.21. The quantitative estimate of drug-likeness (QED) is 0.883. The number of nitrogens with zero attached hydrogens (tertiary/aromatic N) is 1. The van der Waals surface area contributed by atoms with Crippen LogP contribution in [-0.4, -0.2) is 27.1 Å². The average Bonchev–Trinajstić information content (AvgIpc) is 2.51. The summed E-state index contributed by atoms with van der Waals surface area (Å²) >= 11 is 0. The molecular weight excluding hydrogens is 300 g/mol. The average molecular weight is 318 g/mol. The van der Waals surface area contributed by atoms with Crippen LogP contribution in [0.3, 0.4) is 0 Å². The molecule has 0 aliphatic rings. The Kier molecular flexibility index (Phi) is 5.16. The molecule has 5 nitrogen and oxygen atoms in total. The fourth-order valence-electron chi connectivity index (χ4n) is 1.98. The van der Waals surface area contributed by atoms with Crippen molar-refractivity contribution < 1.29 is 13.2 Å². The van der Waals surface area contributed by atoms with Gasteiger partial charge in [-0.2, -0.15) is 0 Å². The fraction of sp³-hybridized carbons (Fsp3) is 0.188. The predicted octanol–water partition coefficient (Wildman–Crippen LogP) is 1.77. The molecule has 0 atom stereocenters. The molecule has 0 saturated carbocycles. The Hall–Kier alpha value is -2.34. The summed E-state index contributed by atoms with van der Waals surface area (Å²) in [6.45, 7) is 0.127. The van der Waals surface area contributed by atoms with Crippen molar-refractivity contribution in [1.29, 1.82) is 0 Å². The van der Waals surface area contributed by atoms with E-state index in [9.17, 15) is 13.2 Å². The minimum absolute atomic E-state index is 0.240. The van der Waals surface area contributed by atoms with Crippen molar-refractivity contribution in [1.82, 2.24) is 5.32 Å². The van der Waals surface area contributed by atoms with E-state index in [4.69, 9.17) is 0 Å². The molecule has 0 bridgehead atoms. The van der Waals surface area contributed by atoms with Crippen molar-refractivity contribution in [3.63, 3.8) is 0 Å². The van der Waals surface area contributed by atoms with Crippen LogP contribution in [0.4, 0.5) is 5.69 Å². The molecule has 6 heteroatoms. The number of rotatable bonds is 6. The molecule has 2 rings (SSSR count). The summed E-state index contributed by atoms with van der Waals surface area (Å²) in [5.41, 5.74) is 1.43. The van der Waals surface area contributed by atoms with Crippen LogP contribution < -0.4 is 9.62 Å². The number of para-hydroxylation sites is 1. The highest BCUT2D eigenvalue weighted by Gasteiger charge is 2.20. The van der Waals surface area contributed by atoms with Gasteiger partial charge in [-0.05, 0) is 17.7 Å². The predicted molar refractivity (Wildman–Crippen MR) is 86.9 cm³/mol. The maximum Gasteiger partial charge on any atom is 0.241 e. The van der Waals surface area contributed by atoms with E-state index < -0.39 is 10.0 Å². The molecule has 0 heterocycles. The molecule has 0 aliphatic heterocycles. The molecule has 0 saturated heterocycles. The lowest BCUT2D eigenvalue weighted by molar-refractivity contribution is -0.119. The standard InChI is InChI=1S/C16H18N2O3S/c1-22(20,21)18(15-10-6-3-7-11-15)13-16(19)17-12-14-8-4-2-5-9-14/h2-11H,12-13H2,1H3,(H,17,19). The number of benzene rings is 2. The summed E-state index contributed by atoms with van der Waals surface area (Å²) in [7, 11) is -3.52. The lowest BCUT2D eigenvalue weighted by Crippen LogP contribution is -2.40. The van der Waals surface area contributed by atoms with E-state index in [-0.39, 0.29) is 12.5 Å². The minimum Gasteiger partial charge on any atom is -0.350 e. The molecule has 116 valence electrons. The van der Waals surface area contributed by atoms with E-state index in [0.29, 0.717) is 12.2 Å². The van der Waals surface area contributed by atoms with E-state index in [2.05, 4.69) is 5.32 Å². The van der Waals surface area contributed by atoms with Crippen molar-refractivity contribution >= 4 is 21.6 Å². The van der Waals surface area contributed by atoms with Crippen molar-refractivity contribution in [2.45, 2.75) is 6.54 Å². The summed E-state index contributed by atoms with van der Waals surface area (Å²) in [4.78, 5) is 12.0. The summed E-state index contributed by atoms with van der Waals surface area (Å²) in [6, 6.07) is 18.0.